The number of aliphatic imine (C=N–C) groups is 1. The number of allylic oxidation sites excluding steroid dienone is 1. The van der Waals surface area contributed by atoms with Crippen LogP contribution in [0.25, 0.3) is 0 Å². The van der Waals surface area contributed by atoms with Crippen molar-refractivity contribution in [3.05, 3.63) is 88.7 Å². The van der Waals surface area contributed by atoms with Gasteiger partial charge in [-0.05, 0) is 43.4 Å². The summed E-state index contributed by atoms with van der Waals surface area (Å²) in [7, 11) is 0. The van der Waals surface area contributed by atoms with Gasteiger partial charge in [0.15, 0.2) is 0 Å². The Bertz CT molecular complexity index is 858. The number of aryl methyl sites for hydroxylation is 1. The first-order valence-corrected chi connectivity index (χ1v) is 10.6. The lowest BCUT2D eigenvalue weighted by Gasteiger charge is -2.16. The normalized spacial score (nSPS) is 11.9. The molecule has 0 fully saturated rings. The number of nitrogens with one attached hydrogen (secondary N) is 1. The molecule has 0 heterocycles. The first-order valence-electron chi connectivity index (χ1n) is 10.2. The highest BCUT2D eigenvalue weighted by Gasteiger charge is 2.14. The Hall–Kier alpha value is -2.32. The van der Waals surface area contributed by atoms with Gasteiger partial charge in [0.05, 0.1) is 17.1 Å². The van der Waals surface area contributed by atoms with E-state index in [9.17, 15) is 0 Å². The second kappa shape index (κ2) is 12.3. The Morgan fingerprint density at radius 1 is 1.00 bits per heavy atom. The molecule has 2 rings (SSSR count). The third-order valence-electron chi connectivity index (χ3n) is 3.95. The number of para-hydroxylation sites is 1. The van der Waals surface area contributed by atoms with Crippen molar-refractivity contribution in [3.63, 3.8) is 0 Å². The third kappa shape index (κ3) is 8.29. The molecule has 0 spiro atoms. The van der Waals surface area contributed by atoms with Crippen molar-refractivity contribution in [3.8, 4) is 0 Å². The van der Waals surface area contributed by atoms with Crippen LogP contribution in [-0.4, -0.2) is 5.71 Å². The minimum atomic E-state index is 0.237. The molecule has 0 radical (unpaired) electrons. The van der Waals surface area contributed by atoms with Crippen molar-refractivity contribution < 1.29 is 0 Å². The van der Waals surface area contributed by atoms with Gasteiger partial charge in [0.25, 0.3) is 0 Å². The molecule has 1 N–H and O–H groups in total. The molecule has 29 heavy (non-hydrogen) atoms. The van der Waals surface area contributed by atoms with Crippen molar-refractivity contribution in [2.75, 3.05) is 5.32 Å². The summed E-state index contributed by atoms with van der Waals surface area (Å²) >= 11 is 6.38. The molecule has 0 atom stereocenters. The van der Waals surface area contributed by atoms with Crippen LogP contribution in [0.1, 0.15) is 52.7 Å². The highest BCUT2D eigenvalue weighted by molar-refractivity contribution is 6.34. The van der Waals surface area contributed by atoms with Crippen LogP contribution >= 0.6 is 11.6 Å². The summed E-state index contributed by atoms with van der Waals surface area (Å²) in [4.78, 5) is 4.88. The van der Waals surface area contributed by atoms with E-state index in [1.54, 1.807) is 0 Å². The largest absolute Gasteiger partial charge is 0.354 e. The van der Waals surface area contributed by atoms with Crippen molar-refractivity contribution in [2.45, 2.75) is 48.5 Å². The van der Waals surface area contributed by atoms with E-state index in [-0.39, 0.29) is 5.92 Å². The maximum absolute atomic E-state index is 6.38. The molecule has 2 aromatic carbocycles. The van der Waals surface area contributed by atoms with Crippen molar-refractivity contribution in [2.24, 2.45) is 16.8 Å². The number of rotatable bonds is 6. The van der Waals surface area contributed by atoms with Gasteiger partial charge in [0, 0.05) is 16.3 Å². The molecule has 0 unspecified atom stereocenters. The van der Waals surface area contributed by atoms with Gasteiger partial charge in [-0.25, -0.2) is 0 Å². The Morgan fingerprint density at radius 3 is 2.07 bits per heavy atom. The van der Waals surface area contributed by atoms with Crippen LogP contribution in [0.2, 0.25) is 5.02 Å². The predicted octanol–water partition coefficient (Wildman–Crippen LogP) is 8.29. The Morgan fingerprint density at radius 2 is 1.55 bits per heavy atom. The van der Waals surface area contributed by atoms with Gasteiger partial charge in [-0.1, -0.05) is 95.3 Å². The van der Waals surface area contributed by atoms with Crippen LogP contribution in [0.15, 0.2) is 77.6 Å². The van der Waals surface area contributed by atoms with Gasteiger partial charge in [-0.2, -0.15) is 0 Å². The topological polar surface area (TPSA) is 24.4 Å². The lowest BCUT2D eigenvalue weighted by atomic mass is 9.99. The Kier molecular flexibility index (Phi) is 10.5. The van der Waals surface area contributed by atoms with Crippen molar-refractivity contribution in [1.82, 2.24) is 0 Å². The molecule has 0 aliphatic heterocycles. The van der Waals surface area contributed by atoms with Crippen LogP contribution in [0.3, 0.4) is 0 Å². The molecule has 0 amide bonds. The fourth-order valence-corrected chi connectivity index (χ4v) is 2.78. The minimum Gasteiger partial charge on any atom is -0.354 e. The van der Waals surface area contributed by atoms with Gasteiger partial charge in [0.1, 0.15) is 0 Å². The number of hydrogen-bond donors (Lipinski definition) is 1. The highest BCUT2D eigenvalue weighted by atomic mass is 35.5. The number of benzene rings is 2. The Labute approximate surface area is 182 Å². The average Bonchev–Trinajstić information content (AvgIpc) is 2.64. The van der Waals surface area contributed by atoms with Crippen LogP contribution in [-0.2, 0) is 0 Å². The molecule has 2 aromatic rings. The zero-order chi connectivity index (χ0) is 22.0. The molecule has 2 nitrogen and oxygen atoms in total. The fourth-order valence-electron chi connectivity index (χ4n) is 2.55. The lowest BCUT2D eigenvalue weighted by molar-refractivity contribution is 0.737. The van der Waals surface area contributed by atoms with Gasteiger partial charge in [-0.3, -0.25) is 4.99 Å². The van der Waals surface area contributed by atoms with Crippen molar-refractivity contribution >= 4 is 23.0 Å². The molecule has 3 heteroatoms. The van der Waals surface area contributed by atoms with E-state index in [0.29, 0.717) is 5.02 Å². The third-order valence-corrected chi connectivity index (χ3v) is 4.28. The number of halogens is 1. The molecule has 0 saturated carbocycles. The van der Waals surface area contributed by atoms with E-state index in [1.165, 1.54) is 5.56 Å². The summed E-state index contributed by atoms with van der Waals surface area (Å²) < 4.78 is 0. The monoisotopic (exact) mass is 410 g/mol. The molecule has 0 aliphatic carbocycles. The van der Waals surface area contributed by atoms with Crippen LogP contribution in [0.4, 0.5) is 5.69 Å². The smallest absolute Gasteiger partial charge is 0.0819 e. The molecular weight excluding hydrogens is 376 g/mol. The van der Waals surface area contributed by atoms with Gasteiger partial charge < -0.3 is 5.32 Å². The van der Waals surface area contributed by atoms with E-state index in [2.05, 4.69) is 59.5 Å². The summed E-state index contributed by atoms with van der Waals surface area (Å²) in [6.07, 6.45) is 1.97. The first-order chi connectivity index (χ1) is 13.7. The second-order valence-electron chi connectivity index (χ2n) is 7.96. The number of hydrogen-bond acceptors (Lipinski definition) is 2. The SMILES string of the molecule is C=C(Nc1ccccc1C)/C(=C/C)N=C(c1ccccc1Cl)C(C)C.CC(C)C. The standard InChI is InChI=1S/C22H25ClN2.C4H10/c1-6-20(17(5)24-21-14-10-7-11-16(21)4)25-22(15(2)3)18-12-8-9-13-19(18)23;1-4(2)3/h6-15,24H,5H2,1-4H3;4H,1-3H3/b20-6-,25-22?;. The van der Waals surface area contributed by atoms with Crippen LogP contribution in [0.5, 0.6) is 0 Å². The zero-order valence-corrected chi connectivity index (χ0v) is 19.6. The molecule has 0 saturated heterocycles. The lowest BCUT2D eigenvalue weighted by Crippen LogP contribution is -2.12. The van der Waals surface area contributed by atoms with Gasteiger partial charge in [-0.15, -0.1) is 0 Å². The van der Waals surface area contributed by atoms with Crippen molar-refractivity contribution in [1.29, 1.82) is 0 Å². The quantitative estimate of drug-likeness (QED) is 0.376. The maximum Gasteiger partial charge on any atom is 0.0819 e. The first kappa shape index (κ1) is 24.7. The minimum absolute atomic E-state index is 0.237. The summed E-state index contributed by atoms with van der Waals surface area (Å²) in [5.41, 5.74) is 5.69. The second-order valence-corrected chi connectivity index (χ2v) is 8.36. The number of anilines is 1. The summed E-state index contributed by atoms with van der Waals surface area (Å²) in [6.45, 7) is 18.9. The molecular formula is C26H35ClN2. The van der Waals surface area contributed by atoms with E-state index in [0.717, 1.165) is 34.3 Å². The van der Waals surface area contributed by atoms with E-state index in [1.807, 2.05) is 55.5 Å². The fraction of sp³-hybridized carbons (Fsp3) is 0.346. The summed E-state index contributed by atoms with van der Waals surface area (Å²) in [5, 5.41) is 4.08. The van der Waals surface area contributed by atoms with Gasteiger partial charge >= 0.3 is 0 Å². The summed E-state index contributed by atoms with van der Waals surface area (Å²) in [6, 6.07) is 15.9. The van der Waals surface area contributed by atoms with E-state index >= 15 is 0 Å². The van der Waals surface area contributed by atoms with Crippen LogP contribution in [0, 0.1) is 18.8 Å². The van der Waals surface area contributed by atoms with Gasteiger partial charge in [0.2, 0.25) is 0 Å². The molecule has 0 aliphatic rings. The van der Waals surface area contributed by atoms with E-state index in [4.69, 9.17) is 16.6 Å². The predicted molar refractivity (Wildman–Crippen MR) is 131 cm³/mol. The van der Waals surface area contributed by atoms with E-state index < -0.39 is 0 Å². The number of nitrogens with zero attached hydrogens (tertiary/aromatic N) is 1. The molecule has 0 aromatic heterocycles. The Balaban J connectivity index is 0.000000960. The maximum atomic E-state index is 6.38. The summed E-state index contributed by atoms with van der Waals surface area (Å²) in [5.74, 6) is 1.07. The van der Waals surface area contributed by atoms with Crippen LogP contribution < -0.4 is 5.32 Å². The average molecular weight is 411 g/mol. The molecule has 156 valence electrons. The zero-order valence-electron chi connectivity index (χ0n) is 18.9. The highest BCUT2D eigenvalue weighted by Crippen LogP contribution is 2.24. The molecule has 0 bridgehead atoms.